The lowest BCUT2D eigenvalue weighted by atomic mass is 10.1. The standard InChI is InChI=1S/C27H33ClN4O5/c1-6-37-27(34)25-24(19-14-22(35-4)23(36-5)15-20(19)29-25)30-26(33)17(3)31-9-11-32(12-10-31)21-13-18(28)8-7-16(21)2/h7-8,13-15,17,29H,6,9-12H2,1-5H3,(H,30,33)/t17-/m0/s1. The number of esters is 1. The number of nitrogens with one attached hydrogen (secondary N) is 2. The van der Waals surface area contributed by atoms with E-state index in [1.54, 1.807) is 19.1 Å². The summed E-state index contributed by atoms with van der Waals surface area (Å²) in [5.41, 5.74) is 3.44. The molecule has 198 valence electrons. The SMILES string of the molecule is CCOC(=O)c1[nH]c2cc(OC)c(OC)cc2c1NC(=O)[C@H](C)N1CCN(c2cc(Cl)ccc2C)CC1. The molecule has 2 N–H and O–H groups in total. The Kier molecular flexibility index (Phi) is 8.14. The van der Waals surface area contributed by atoms with E-state index in [-0.39, 0.29) is 18.2 Å². The third-order valence-corrected chi connectivity index (χ3v) is 7.02. The Labute approximate surface area is 221 Å². The number of rotatable bonds is 8. The number of anilines is 2. The Hall–Kier alpha value is -3.43. The molecule has 0 radical (unpaired) electrons. The van der Waals surface area contributed by atoms with Crippen molar-refractivity contribution in [1.29, 1.82) is 0 Å². The molecule has 0 spiro atoms. The summed E-state index contributed by atoms with van der Waals surface area (Å²) in [7, 11) is 3.07. The lowest BCUT2D eigenvalue weighted by Crippen LogP contribution is -2.53. The van der Waals surface area contributed by atoms with Gasteiger partial charge in [0.25, 0.3) is 0 Å². The fraction of sp³-hybridized carbons (Fsp3) is 0.407. The first-order valence-electron chi connectivity index (χ1n) is 12.3. The first-order chi connectivity index (χ1) is 17.8. The minimum atomic E-state index is -0.551. The molecule has 0 saturated carbocycles. The number of benzene rings is 2. The number of halogens is 1. The molecule has 2 aromatic carbocycles. The summed E-state index contributed by atoms with van der Waals surface area (Å²) in [6.07, 6.45) is 0. The minimum Gasteiger partial charge on any atom is -0.493 e. The van der Waals surface area contributed by atoms with Crippen LogP contribution in [0.2, 0.25) is 5.02 Å². The first-order valence-corrected chi connectivity index (χ1v) is 12.7. The van der Waals surface area contributed by atoms with Gasteiger partial charge in [-0.25, -0.2) is 4.79 Å². The number of ether oxygens (including phenoxy) is 3. The summed E-state index contributed by atoms with van der Waals surface area (Å²) < 4.78 is 16.1. The van der Waals surface area contributed by atoms with Gasteiger partial charge in [-0.1, -0.05) is 17.7 Å². The number of aromatic nitrogens is 1. The fourth-order valence-electron chi connectivity index (χ4n) is 4.67. The molecular formula is C27H33ClN4O5. The van der Waals surface area contributed by atoms with Gasteiger partial charge in [0.2, 0.25) is 5.91 Å². The third kappa shape index (κ3) is 5.47. The fourth-order valence-corrected chi connectivity index (χ4v) is 4.84. The largest absolute Gasteiger partial charge is 0.493 e. The van der Waals surface area contributed by atoms with Crippen LogP contribution < -0.4 is 19.7 Å². The van der Waals surface area contributed by atoms with E-state index in [2.05, 4.69) is 27.0 Å². The van der Waals surface area contributed by atoms with E-state index < -0.39 is 12.0 Å². The number of fused-ring (bicyclic) bond motifs is 1. The number of aryl methyl sites for hydroxylation is 1. The number of piperazine rings is 1. The van der Waals surface area contributed by atoms with E-state index in [1.807, 2.05) is 25.1 Å². The third-order valence-electron chi connectivity index (χ3n) is 6.78. The molecule has 1 aliphatic rings. The van der Waals surface area contributed by atoms with Crippen LogP contribution in [0.3, 0.4) is 0 Å². The van der Waals surface area contributed by atoms with Gasteiger partial charge in [0.15, 0.2) is 11.5 Å². The molecule has 1 amide bonds. The maximum absolute atomic E-state index is 13.4. The van der Waals surface area contributed by atoms with Crippen LogP contribution in [0.5, 0.6) is 11.5 Å². The smallest absolute Gasteiger partial charge is 0.356 e. The molecule has 9 nitrogen and oxygen atoms in total. The highest BCUT2D eigenvalue weighted by molar-refractivity contribution is 6.30. The van der Waals surface area contributed by atoms with Crippen LogP contribution in [0, 0.1) is 6.92 Å². The molecule has 1 aliphatic heterocycles. The number of hydrogen-bond donors (Lipinski definition) is 2. The second-order valence-electron chi connectivity index (χ2n) is 8.97. The average molecular weight is 529 g/mol. The molecule has 1 atom stereocenters. The van der Waals surface area contributed by atoms with E-state index >= 15 is 0 Å². The molecule has 37 heavy (non-hydrogen) atoms. The van der Waals surface area contributed by atoms with Gasteiger partial charge in [-0.2, -0.15) is 0 Å². The van der Waals surface area contributed by atoms with Crippen LogP contribution in [-0.4, -0.2) is 74.8 Å². The van der Waals surface area contributed by atoms with E-state index in [0.29, 0.717) is 46.2 Å². The molecule has 3 aromatic rings. The maximum Gasteiger partial charge on any atom is 0.356 e. The summed E-state index contributed by atoms with van der Waals surface area (Å²) in [6.45, 7) is 8.86. The highest BCUT2D eigenvalue weighted by Crippen LogP contribution is 2.37. The first kappa shape index (κ1) is 26.6. The Morgan fingerprint density at radius 3 is 2.41 bits per heavy atom. The molecule has 0 bridgehead atoms. The molecule has 4 rings (SSSR count). The number of carbonyl (C=O) groups is 2. The van der Waals surface area contributed by atoms with Crippen molar-refractivity contribution in [1.82, 2.24) is 9.88 Å². The van der Waals surface area contributed by atoms with Crippen molar-refractivity contribution >= 4 is 45.8 Å². The molecule has 10 heteroatoms. The zero-order valence-electron chi connectivity index (χ0n) is 21.8. The van der Waals surface area contributed by atoms with Crippen LogP contribution >= 0.6 is 11.6 Å². The van der Waals surface area contributed by atoms with E-state index in [4.69, 9.17) is 25.8 Å². The quantitative estimate of drug-likeness (QED) is 0.416. The highest BCUT2D eigenvalue weighted by atomic mass is 35.5. The van der Waals surface area contributed by atoms with Gasteiger partial charge in [0.05, 0.1) is 38.1 Å². The summed E-state index contributed by atoms with van der Waals surface area (Å²) in [5, 5.41) is 4.31. The summed E-state index contributed by atoms with van der Waals surface area (Å²) in [4.78, 5) is 33.6. The predicted molar refractivity (Wildman–Crippen MR) is 145 cm³/mol. The van der Waals surface area contributed by atoms with Gasteiger partial charge in [0.1, 0.15) is 5.69 Å². The van der Waals surface area contributed by atoms with Crippen LogP contribution in [0.1, 0.15) is 29.9 Å². The van der Waals surface area contributed by atoms with Crippen molar-refractivity contribution in [3.8, 4) is 11.5 Å². The number of H-pyrrole nitrogens is 1. The van der Waals surface area contributed by atoms with Crippen LogP contribution in [-0.2, 0) is 9.53 Å². The van der Waals surface area contributed by atoms with E-state index in [9.17, 15) is 9.59 Å². The van der Waals surface area contributed by atoms with Crippen LogP contribution in [0.25, 0.3) is 10.9 Å². The second kappa shape index (κ2) is 11.3. The van der Waals surface area contributed by atoms with E-state index in [0.717, 1.165) is 18.8 Å². The number of nitrogens with zero attached hydrogens (tertiary/aromatic N) is 2. The number of carbonyl (C=O) groups excluding carboxylic acids is 2. The Balaban J connectivity index is 1.54. The minimum absolute atomic E-state index is 0.175. The van der Waals surface area contributed by atoms with Gasteiger partial charge < -0.3 is 29.4 Å². The maximum atomic E-state index is 13.4. The number of amides is 1. The van der Waals surface area contributed by atoms with Crippen LogP contribution in [0.4, 0.5) is 11.4 Å². The van der Waals surface area contributed by atoms with Gasteiger partial charge in [-0.15, -0.1) is 0 Å². The number of methoxy groups -OCH3 is 2. The summed E-state index contributed by atoms with van der Waals surface area (Å²) >= 11 is 6.22. The topological polar surface area (TPSA) is 96.1 Å². The van der Waals surface area contributed by atoms with Crippen molar-refractivity contribution in [3.63, 3.8) is 0 Å². The molecule has 1 fully saturated rings. The Bertz CT molecular complexity index is 1300. The second-order valence-corrected chi connectivity index (χ2v) is 9.40. The number of hydrogen-bond acceptors (Lipinski definition) is 7. The molecule has 0 aliphatic carbocycles. The van der Waals surface area contributed by atoms with Gasteiger partial charge in [0, 0.05) is 48.3 Å². The molecule has 1 aromatic heterocycles. The Morgan fingerprint density at radius 2 is 1.76 bits per heavy atom. The summed E-state index contributed by atoms with van der Waals surface area (Å²) in [6, 6.07) is 8.95. The van der Waals surface area contributed by atoms with Crippen LogP contribution in [0.15, 0.2) is 30.3 Å². The molecule has 2 heterocycles. The summed E-state index contributed by atoms with van der Waals surface area (Å²) in [5.74, 6) is 0.227. The zero-order valence-corrected chi connectivity index (χ0v) is 22.6. The average Bonchev–Trinajstić information content (AvgIpc) is 3.26. The molecule has 0 unspecified atom stereocenters. The highest BCUT2D eigenvalue weighted by Gasteiger charge is 2.29. The Morgan fingerprint density at radius 1 is 1.08 bits per heavy atom. The predicted octanol–water partition coefficient (Wildman–Crippen LogP) is 4.47. The van der Waals surface area contributed by atoms with Crippen molar-refractivity contribution in [2.75, 3.05) is 57.2 Å². The van der Waals surface area contributed by atoms with Crippen molar-refractivity contribution in [3.05, 3.63) is 46.6 Å². The van der Waals surface area contributed by atoms with Gasteiger partial charge >= 0.3 is 5.97 Å². The monoisotopic (exact) mass is 528 g/mol. The van der Waals surface area contributed by atoms with Crippen molar-refractivity contribution < 1.29 is 23.8 Å². The number of aromatic amines is 1. The molecule has 1 saturated heterocycles. The van der Waals surface area contributed by atoms with E-state index in [1.165, 1.54) is 19.8 Å². The molecular weight excluding hydrogens is 496 g/mol. The van der Waals surface area contributed by atoms with Crippen molar-refractivity contribution in [2.45, 2.75) is 26.8 Å². The van der Waals surface area contributed by atoms with Gasteiger partial charge in [-0.3, -0.25) is 9.69 Å². The lowest BCUT2D eigenvalue weighted by molar-refractivity contribution is -0.120. The van der Waals surface area contributed by atoms with Crippen molar-refractivity contribution in [2.24, 2.45) is 0 Å². The lowest BCUT2D eigenvalue weighted by Gasteiger charge is -2.39. The normalized spacial score (nSPS) is 14.9. The van der Waals surface area contributed by atoms with Gasteiger partial charge in [-0.05, 0) is 44.5 Å². The zero-order chi connectivity index (χ0) is 26.7.